The van der Waals surface area contributed by atoms with Crippen LogP contribution in [0.3, 0.4) is 0 Å². The number of aromatic nitrogens is 2. The van der Waals surface area contributed by atoms with Crippen LogP contribution in [0, 0.1) is 0 Å². The van der Waals surface area contributed by atoms with Crippen molar-refractivity contribution in [2.24, 2.45) is 0 Å². The van der Waals surface area contributed by atoms with E-state index in [4.69, 9.17) is 4.74 Å². The number of imidazole rings is 1. The number of hydrogen-bond donors (Lipinski definition) is 0. The Balaban J connectivity index is 1.69. The lowest BCUT2D eigenvalue weighted by Gasteiger charge is -2.28. The van der Waals surface area contributed by atoms with E-state index in [2.05, 4.69) is 70.5 Å². The number of benzene rings is 1. The standard InChI is InChI=1S/C19H26N2OS2/c1-3-18-14-23-19(24-18,9-11-21-12-10-20-15-21)13-16-5-7-17(8-6-16)22-4-2/h5-8,10,12,15,18H,3-4,9,11,13-14H2,1-2H3. The summed E-state index contributed by atoms with van der Waals surface area (Å²) in [7, 11) is 0. The number of ether oxygens (including phenoxy) is 1. The predicted molar refractivity (Wildman–Crippen MR) is 105 cm³/mol. The van der Waals surface area contributed by atoms with Crippen LogP contribution in [0.25, 0.3) is 0 Å². The van der Waals surface area contributed by atoms with E-state index in [0.717, 1.165) is 30.6 Å². The second-order valence-electron chi connectivity index (χ2n) is 6.17. The fourth-order valence-corrected chi connectivity index (χ4v) is 6.85. The smallest absolute Gasteiger partial charge is 0.119 e. The molecular weight excluding hydrogens is 336 g/mol. The van der Waals surface area contributed by atoms with Gasteiger partial charge in [-0.3, -0.25) is 0 Å². The van der Waals surface area contributed by atoms with Gasteiger partial charge in [-0.2, -0.15) is 0 Å². The minimum Gasteiger partial charge on any atom is -0.494 e. The molecule has 1 aromatic heterocycles. The Morgan fingerprint density at radius 1 is 1.29 bits per heavy atom. The van der Waals surface area contributed by atoms with Crippen molar-refractivity contribution in [2.75, 3.05) is 12.4 Å². The highest BCUT2D eigenvalue weighted by molar-refractivity contribution is 8.21. The van der Waals surface area contributed by atoms with Crippen molar-refractivity contribution in [3.63, 3.8) is 0 Å². The van der Waals surface area contributed by atoms with E-state index < -0.39 is 0 Å². The Labute approximate surface area is 153 Å². The van der Waals surface area contributed by atoms with Crippen molar-refractivity contribution in [1.29, 1.82) is 0 Å². The van der Waals surface area contributed by atoms with Crippen LogP contribution in [0.5, 0.6) is 5.75 Å². The molecule has 1 fully saturated rings. The quantitative estimate of drug-likeness (QED) is 0.669. The molecule has 2 heterocycles. The van der Waals surface area contributed by atoms with Gasteiger partial charge >= 0.3 is 0 Å². The topological polar surface area (TPSA) is 27.1 Å². The van der Waals surface area contributed by atoms with Gasteiger partial charge in [-0.05, 0) is 43.9 Å². The second kappa shape index (κ2) is 8.34. The highest BCUT2D eigenvalue weighted by atomic mass is 32.2. The average Bonchev–Trinajstić information content (AvgIpc) is 3.25. The summed E-state index contributed by atoms with van der Waals surface area (Å²) in [6, 6.07) is 8.66. The van der Waals surface area contributed by atoms with Crippen LogP contribution in [0.15, 0.2) is 43.0 Å². The van der Waals surface area contributed by atoms with Crippen molar-refractivity contribution < 1.29 is 4.74 Å². The molecule has 0 saturated carbocycles. The van der Waals surface area contributed by atoms with Crippen molar-refractivity contribution in [3.8, 4) is 5.75 Å². The molecule has 1 saturated heterocycles. The molecule has 0 N–H and O–H groups in total. The summed E-state index contributed by atoms with van der Waals surface area (Å²) < 4.78 is 8.04. The summed E-state index contributed by atoms with van der Waals surface area (Å²) in [5, 5.41) is 0.778. The Hall–Kier alpha value is -1.07. The van der Waals surface area contributed by atoms with Gasteiger partial charge in [0.05, 0.1) is 17.0 Å². The van der Waals surface area contributed by atoms with E-state index in [-0.39, 0.29) is 4.08 Å². The van der Waals surface area contributed by atoms with Gasteiger partial charge in [0.1, 0.15) is 5.75 Å². The number of aryl methyl sites for hydroxylation is 1. The Kier molecular flexibility index (Phi) is 6.17. The van der Waals surface area contributed by atoms with Crippen LogP contribution in [-0.2, 0) is 13.0 Å². The van der Waals surface area contributed by atoms with Gasteiger partial charge in [0.25, 0.3) is 0 Å². The molecule has 0 aliphatic carbocycles. The van der Waals surface area contributed by atoms with Gasteiger partial charge in [0.2, 0.25) is 0 Å². The van der Waals surface area contributed by atoms with E-state index in [1.54, 1.807) is 0 Å². The first-order chi connectivity index (χ1) is 11.7. The maximum atomic E-state index is 5.57. The number of rotatable bonds is 8. The molecule has 2 unspecified atom stereocenters. The summed E-state index contributed by atoms with van der Waals surface area (Å²) in [5.74, 6) is 2.23. The lowest BCUT2D eigenvalue weighted by atomic mass is 10.1. The number of hydrogen-bond acceptors (Lipinski definition) is 4. The largest absolute Gasteiger partial charge is 0.494 e. The lowest BCUT2D eigenvalue weighted by molar-refractivity contribution is 0.340. The SMILES string of the molecule is CCOc1ccc(CC2(CCn3ccnc3)SCC(CC)S2)cc1. The second-order valence-corrected chi connectivity index (χ2v) is 9.52. The summed E-state index contributed by atoms with van der Waals surface area (Å²) >= 11 is 4.34. The number of nitrogens with zero attached hydrogens (tertiary/aromatic N) is 2. The van der Waals surface area contributed by atoms with E-state index in [1.807, 2.05) is 19.4 Å². The summed E-state index contributed by atoms with van der Waals surface area (Å²) in [6.07, 6.45) is 9.39. The Morgan fingerprint density at radius 3 is 2.75 bits per heavy atom. The van der Waals surface area contributed by atoms with Crippen LogP contribution in [0.4, 0.5) is 0 Å². The predicted octanol–water partition coefficient (Wildman–Crippen LogP) is 4.87. The van der Waals surface area contributed by atoms with Gasteiger partial charge in [-0.1, -0.05) is 19.1 Å². The van der Waals surface area contributed by atoms with Crippen molar-refractivity contribution in [2.45, 2.75) is 49.0 Å². The Morgan fingerprint density at radius 2 is 2.12 bits per heavy atom. The fraction of sp³-hybridized carbons (Fsp3) is 0.526. The average molecular weight is 363 g/mol. The number of thioether (sulfide) groups is 2. The molecule has 3 nitrogen and oxygen atoms in total. The molecule has 24 heavy (non-hydrogen) atoms. The molecule has 1 aromatic carbocycles. The van der Waals surface area contributed by atoms with Crippen molar-refractivity contribution >= 4 is 23.5 Å². The summed E-state index contributed by atoms with van der Waals surface area (Å²) in [4.78, 5) is 4.17. The van der Waals surface area contributed by atoms with Crippen LogP contribution in [0.1, 0.15) is 32.3 Å². The minimum absolute atomic E-state index is 0.276. The van der Waals surface area contributed by atoms with Gasteiger partial charge in [-0.25, -0.2) is 4.98 Å². The zero-order valence-corrected chi connectivity index (χ0v) is 16.1. The highest BCUT2D eigenvalue weighted by Gasteiger charge is 2.39. The molecule has 2 aromatic rings. The minimum atomic E-state index is 0.276. The molecule has 0 bridgehead atoms. The van der Waals surface area contributed by atoms with Crippen LogP contribution in [-0.4, -0.2) is 31.2 Å². The molecule has 2 atom stereocenters. The molecule has 3 rings (SSSR count). The van der Waals surface area contributed by atoms with Crippen molar-refractivity contribution in [1.82, 2.24) is 9.55 Å². The third-order valence-electron chi connectivity index (χ3n) is 4.39. The third-order valence-corrected chi connectivity index (χ3v) is 8.30. The zero-order chi connectivity index (χ0) is 16.8. The van der Waals surface area contributed by atoms with Gasteiger partial charge in [0, 0.05) is 29.9 Å². The summed E-state index contributed by atoms with van der Waals surface area (Å²) in [5.41, 5.74) is 1.40. The first-order valence-corrected chi connectivity index (χ1v) is 10.6. The van der Waals surface area contributed by atoms with Crippen LogP contribution >= 0.6 is 23.5 Å². The maximum Gasteiger partial charge on any atom is 0.119 e. The van der Waals surface area contributed by atoms with Gasteiger partial charge < -0.3 is 9.30 Å². The molecule has 1 aliphatic rings. The summed E-state index contributed by atoms with van der Waals surface area (Å²) in [6.45, 7) is 6.09. The molecule has 0 radical (unpaired) electrons. The maximum absolute atomic E-state index is 5.57. The molecular formula is C19H26N2OS2. The van der Waals surface area contributed by atoms with E-state index >= 15 is 0 Å². The zero-order valence-electron chi connectivity index (χ0n) is 14.5. The molecule has 0 amide bonds. The molecule has 0 spiro atoms. The van der Waals surface area contributed by atoms with Crippen LogP contribution < -0.4 is 4.74 Å². The first kappa shape index (κ1) is 17.7. The lowest BCUT2D eigenvalue weighted by Crippen LogP contribution is -2.23. The molecule has 5 heteroatoms. The van der Waals surface area contributed by atoms with Gasteiger partial charge in [-0.15, -0.1) is 23.5 Å². The Bertz CT molecular complexity index is 615. The van der Waals surface area contributed by atoms with Crippen molar-refractivity contribution in [3.05, 3.63) is 48.5 Å². The molecule has 1 aliphatic heterocycles. The monoisotopic (exact) mass is 362 g/mol. The molecule has 130 valence electrons. The normalized spacial score (nSPS) is 23.5. The highest BCUT2D eigenvalue weighted by Crippen LogP contribution is 2.53. The fourth-order valence-electron chi connectivity index (χ4n) is 3.03. The van der Waals surface area contributed by atoms with E-state index in [9.17, 15) is 0 Å². The van der Waals surface area contributed by atoms with E-state index in [0.29, 0.717) is 0 Å². The van der Waals surface area contributed by atoms with Gasteiger partial charge in [0.15, 0.2) is 0 Å². The van der Waals surface area contributed by atoms with E-state index in [1.165, 1.54) is 24.2 Å². The van der Waals surface area contributed by atoms with Crippen LogP contribution in [0.2, 0.25) is 0 Å². The third kappa shape index (κ3) is 4.51. The first-order valence-electron chi connectivity index (χ1n) is 8.72.